The molecule has 0 atom stereocenters. The van der Waals surface area contributed by atoms with Crippen LogP contribution in [-0.2, 0) is 11.3 Å². The van der Waals surface area contributed by atoms with Gasteiger partial charge in [-0.15, -0.1) is 24.8 Å². The second-order valence-electron chi connectivity index (χ2n) is 7.09. The quantitative estimate of drug-likeness (QED) is 0.777. The van der Waals surface area contributed by atoms with Crippen LogP contribution in [0.1, 0.15) is 44.3 Å². The highest BCUT2D eigenvalue weighted by molar-refractivity contribution is 5.85. The summed E-state index contributed by atoms with van der Waals surface area (Å²) in [5.41, 5.74) is 8.14. The zero-order valence-electron chi connectivity index (χ0n) is 15.4. The highest BCUT2D eigenvalue weighted by Gasteiger charge is 2.32. The molecule has 5 nitrogen and oxygen atoms in total. The Hall–Kier alpha value is -1.30. The monoisotopic (exact) mass is 400 g/mol. The number of fused-ring (bicyclic) bond motifs is 1. The molecule has 1 aliphatic rings. The number of carbonyl (C=O) groups excluding carboxylic acids is 1. The highest BCUT2D eigenvalue weighted by atomic mass is 35.5. The lowest BCUT2D eigenvalue weighted by Crippen LogP contribution is -2.39. The smallest absolute Gasteiger partial charge is 0.220 e. The summed E-state index contributed by atoms with van der Waals surface area (Å²) in [6, 6.07) is 8.11. The van der Waals surface area contributed by atoms with Crippen molar-refractivity contribution in [3.8, 4) is 0 Å². The number of nitrogens with one attached hydrogen (secondary N) is 1. The number of aryl methyl sites for hydroxylation is 1. The summed E-state index contributed by atoms with van der Waals surface area (Å²) in [5, 5.41) is 3.08. The highest BCUT2D eigenvalue weighted by Crippen LogP contribution is 2.38. The van der Waals surface area contributed by atoms with E-state index in [9.17, 15) is 4.79 Å². The van der Waals surface area contributed by atoms with Gasteiger partial charge in [0.05, 0.1) is 11.0 Å². The number of nitrogens with two attached hydrogens (primary N) is 1. The van der Waals surface area contributed by atoms with Crippen LogP contribution >= 0.6 is 24.8 Å². The minimum absolute atomic E-state index is 0. The van der Waals surface area contributed by atoms with Crippen molar-refractivity contribution in [3.05, 3.63) is 30.1 Å². The Morgan fingerprint density at radius 2 is 1.92 bits per heavy atom. The van der Waals surface area contributed by atoms with Gasteiger partial charge >= 0.3 is 0 Å². The number of hydrogen-bond acceptors (Lipinski definition) is 3. The molecule has 0 radical (unpaired) electrons. The molecule has 26 heavy (non-hydrogen) atoms. The molecule has 1 heterocycles. The summed E-state index contributed by atoms with van der Waals surface area (Å²) in [4.78, 5) is 16.9. The maximum atomic E-state index is 12.4. The molecule has 7 heteroatoms. The largest absolute Gasteiger partial charge is 0.354 e. The van der Waals surface area contributed by atoms with Crippen molar-refractivity contribution in [2.75, 3.05) is 13.1 Å². The van der Waals surface area contributed by atoms with E-state index >= 15 is 0 Å². The molecule has 1 aromatic carbocycles. The normalized spacial score (nSPS) is 15.8. The molecule has 0 unspecified atom stereocenters. The average molecular weight is 401 g/mol. The minimum Gasteiger partial charge on any atom is -0.354 e. The van der Waals surface area contributed by atoms with Crippen LogP contribution in [0.25, 0.3) is 11.0 Å². The second-order valence-corrected chi connectivity index (χ2v) is 7.09. The van der Waals surface area contributed by atoms with Gasteiger partial charge in [-0.2, -0.15) is 0 Å². The lowest BCUT2D eigenvalue weighted by Gasteiger charge is -2.35. The Labute approximate surface area is 167 Å². The maximum absolute atomic E-state index is 12.4. The SMILES string of the molecule is Cc1nc2ccccc2n1CCNC(=O)CC1(CN)CCCCC1.Cl.Cl. The summed E-state index contributed by atoms with van der Waals surface area (Å²) >= 11 is 0. The minimum atomic E-state index is 0. The van der Waals surface area contributed by atoms with Gasteiger partial charge < -0.3 is 15.6 Å². The predicted molar refractivity (Wildman–Crippen MR) is 111 cm³/mol. The zero-order valence-corrected chi connectivity index (χ0v) is 17.0. The lowest BCUT2D eigenvalue weighted by molar-refractivity contribution is -0.123. The van der Waals surface area contributed by atoms with E-state index in [4.69, 9.17) is 5.73 Å². The number of nitrogens with zero attached hydrogens (tertiary/aromatic N) is 2. The van der Waals surface area contributed by atoms with Crippen molar-refractivity contribution in [3.63, 3.8) is 0 Å². The Morgan fingerprint density at radius 1 is 1.23 bits per heavy atom. The Morgan fingerprint density at radius 3 is 2.62 bits per heavy atom. The topological polar surface area (TPSA) is 72.9 Å². The van der Waals surface area contributed by atoms with Gasteiger partial charge in [-0.1, -0.05) is 31.4 Å². The van der Waals surface area contributed by atoms with E-state index in [1.165, 1.54) is 19.3 Å². The van der Waals surface area contributed by atoms with Gasteiger partial charge in [0.15, 0.2) is 0 Å². The number of aromatic nitrogens is 2. The van der Waals surface area contributed by atoms with E-state index in [0.717, 1.165) is 36.2 Å². The number of para-hydroxylation sites is 2. The fraction of sp³-hybridized carbons (Fsp3) is 0.579. The number of imidazole rings is 1. The number of benzene rings is 1. The van der Waals surface area contributed by atoms with E-state index < -0.39 is 0 Å². The number of carbonyl (C=O) groups is 1. The summed E-state index contributed by atoms with van der Waals surface area (Å²) < 4.78 is 2.16. The van der Waals surface area contributed by atoms with Gasteiger partial charge in [-0.05, 0) is 43.9 Å². The van der Waals surface area contributed by atoms with Crippen LogP contribution in [0.4, 0.5) is 0 Å². The molecule has 3 N–H and O–H groups in total. The second kappa shape index (κ2) is 10.1. The van der Waals surface area contributed by atoms with Gasteiger partial charge in [0.2, 0.25) is 5.91 Å². The molecule has 2 aromatic rings. The van der Waals surface area contributed by atoms with E-state index in [1.54, 1.807) is 0 Å². The molecule has 1 amide bonds. The van der Waals surface area contributed by atoms with E-state index in [2.05, 4.69) is 20.9 Å². The summed E-state index contributed by atoms with van der Waals surface area (Å²) in [5.74, 6) is 1.11. The zero-order chi connectivity index (χ0) is 17.0. The number of hydrogen-bond donors (Lipinski definition) is 2. The van der Waals surface area contributed by atoms with Gasteiger partial charge in [0, 0.05) is 19.5 Å². The van der Waals surface area contributed by atoms with Gasteiger partial charge in [0.25, 0.3) is 0 Å². The molecule has 146 valence electrons. The Kier molecular flexibility index (Phi) is 8.87. The first-order valence-electron chi connectivity index (χ1n) is 9.02. The first kappa shape index (κ1) is 22.7. The molecular weight excluding hydrogens is 371 g/mol. The van der Waals surface area contributed by atoms with Gasteiger partial charge in [-0.25, -0.2) is 4.98 Å². The first-order valence-corrected chi connectivity index (χ1v) is 9.02. The summed E-state index contributed by atoms with van der Waals surface area (Å²) in [6.45, 7) is 3.99. The van der Waals surface area contributed by atoms with Crippen LogP contribution < -0.4 is 11.1 Å². The Balaban J connectivity index is 0.00000169. The Bertz CT molecular complexity index is 711. The molecule has 0 saturated heterocycles. The van der Waals surface area contributed by atoms with E-state index in [1.807, 2.05) is 25.1 Å². The van der Waals surface area contributed by atoms with Crippen LogP contribution in [-0.4, -0.2) is 28.5 Å². The average Bonchev–Trinajstić information content (AvgIpc) is 2.91. The molecule has 0 bridgehead atoms. The van der Waals surface area contributed by atoms with Crippen molar-refractivity contribution < 1.29 is 4.79 Å². The van der Waals surface area contributed by atoms with Crippen LogP contribution in [0, 0.1) is 12.3 Å². The number of halogens is 2. The maximum Gasteiger partial charge on any atom is 0.220 e. The van der Waals surface area contributed by atoms with Crippen molar-refractivity contribution in [1.82, 2.24) is 14.9 Å². The molecule has 0 aliphatic heterocycles. The van der Waals surface area contributed by atoms with Crippen LogP contribution in [0.15, 0.2) is 24.3 Å². The lowest BCUT2D eigenvalue weighted by atomic mass is 9.71. The molecule has 1 aliphatic carbocycles. The molecule has 1 aromatic heterocycles. The van der Waals surface area contributed by atoms with Crippen molar-refractivity contribution in [1.29, 1.82) is 0 Å². The first-order chi connectivity index (χ1) is 11.6. The molecule has 3 rings (SSSR count). The van der Waals surface area contributed by atoms with Gasteiger partial charge in [0.1, 0.15) is 5.82 Å². The third-order valence-corrected chi connectivity index (χ3v) is 5.39. The van der Waals surface area contributed by atoms with Crippen LogP contribution in [0.5, 0.6) is 0 Å². The third kappa shape index (κ3) is 5.12. The van der Waals surface area contributed by atoms with E-state index in [-0.39, 0.29) is 36.1 Å². The predicted octanol–water partition coefficient (Wildman–Crippen LogP) is 3.60. The van der Waals surface area contributed by atoms with Crippen LogP contribution in [0.3, 0.4) is 0 Å². The van der Waals surface area contributed by atoms with Crippen molar-refractivity contribution in [2.45, 2.75) is 52.0 Å². The third-order valence-electron chi connectivity index (χ3n) is 5.39. The standard InChI is InChI=1S/C19H28N4O.2ClH/c1-15-22-16-7-3-4-8-17(16)23(15)12-11-21-18(24)13-19(14-20)9-5-2-6-10-19;;/h3-4,7-8H,2,5-6,9-14,20H2,1H3,(H,21,24);2*1H. The fourth-order valence-electron chi connectivity index (χ4n) is 3.94. The molecule has 1 fully saturated rings. The van der Waals surface area contributed by atoms with Crippen molar-refractivity contribution in [2.24, 2.45) is 11.1 Å². The van der Waals surface area contributed by atoms with Gasteiger partial charge in [-0.3, -0.25) is 4.79 Å². The molecular formula is C19H30Cl2N4O. The fourth-order valence-corrected chi connectivity index (χ4v) is 3.94. The summed E-state index contributed by atoms with van der Waals surface area (Å²) in [6.07, 6.45) is 6.41. The van der Waals surface area contributed by atoms with Crippen LogP contribution in [0.2, 0.25) is 0 Å². The number of rotatable bonds is 6. The molecule has 1 saturated carbocycles. The molecule has 0 spiro atoms. The van der Waals surface area contributed by atoms with E-state index in [0.29, 0.717) is 19.5 Å². The number of amides is 1. The van der Waals surface area contributed by atoms with Crippen molar-refractivity contribution >= 4 is 41.8 Å². The summed E-state index contributed by atoms with van der Waals surface area (Å²) in [7, 11) is 0.